The summed E-state index contributed by atoms with van der Waals surface area (Å²) in [7, 11) is 0. The summed E-state index contributed by atoms with van der Waals surface area (Å²) in [5, 5.41) is 5.12. The summed E-state index contributed by atoms with van der Waals surface area (Å²) in [5.41, 5.74) is 5.98. The molecule has 1 aromatic heterocycles. The van der Waals surface area contributed by atoms with Gasteiger partial charge in [0.05, 0.1) is 12.1 Å². The van der Waals surface area contributed by atoms with Crippen molar-refractivity contribution >= 4 is 34.2 Å². The average molecular weight is 481 g/mol. The highest BCUT2D eigenvalue weighted by molar-refractivity contribution is 5.90. The van der Waals surface area contributed by atoms with Crippen molar-refractivity contribution in [2.45, 2.75) is 26.4 Å². The molecule has 4 N–H and O–H groups in total. The van der Waals surface area contributed by atoms with Crippen LogP contribution in [-0.2, 0) is 16.1 Å². The fourth-order valence-corrected chi connectivity index (χ4v) is 3.72. The number of primary amides is 1. The van der Waals surface area contributed by atoms with Crippen molar-refractivity contribution in [3.05, 3.63) is 77.6 Å². The molecule has 0 aliphatic heterocycles. The third kappa shape index (κ3) is 4.81. The molecule has 0 saturated heterocycles. The Kier molecular flexibility index (Phi) is 6.46. The van der Waals surface area contributed by atoms with E-state index in [1.807, 2.05) is 0 Å². The first kappa shape index (κ1) is 23.8. The molecule has 0 bridgehead atoms. The number of nitrogens with one attached hydrogen (secondary N) is 2. The molecule has 0 radical (unpaired) electrons. The molecule has 0 aliphatic rings. The van der Waals surface area contributed by atoms with Gasteiger partial charge in [-0.15, -0.1) is 0 Å². The van der Waals surface area contributed by atoms with Crippen LogP contribution in [0.1, 0.15) is 19.4 Å². The number of nitrogens with two attached hydrogens (primary N) is 1. The Morgan fingerprint density at radius 2 is 1.74 bits per heavy atom. The Morgan fingerprint density at radius 1 is 1.06 bits per heavy atom. The minimum absolute atomic E-state index is 0.00885. The molecule has 180 valence electrons. The molecule has 2 amide bonds. The van der Waals surface area contributed by atoms with Crippen LogP contribution in [0.3, 0.4) is 0 Å². The molecular weight excluding hydrogens is 459 g/mol. The van der Waals surface area contributed by atoms with Crippen molar-refractivity contribution < 1.29 is 22.8 Å². The number of imidazole rings is 1. The van der Waals surface area contributed by atoms with E-state index in [-0.39, 0.29) is 34.9 Å². The maximum Gasteiger partial charge on any atom is 0.239 e. The van der Waals surface area contributed by atoms with Gasteiger partial charge in [0.25, 0.3) is 0 Å². The van der Waals surface area contributed by atoms with Gasteiger partial charge < -0.3 is 20.9 Å². The third-order valence-corrected chi connectivity index (χ3v) is 5.46. The lowest BCUT2D eigenvalue weighted by Gasteiger charge is -2.15. The molecular formula is C25H22F3N5O2. The molecule has 0 spiro atoms. The van der Waals surface area contributed by atoms with Crippen LogP contribution in [0.5, 0.6) is 0 Å². The van der Waals surface area contributed by atoms with Crippen molar-refractivity contribution in [3.63, 3.8) is 0 Å². The predicted molar refractivity (Wildman–Crippen MR) is 127 cm³/mol. The van der Waals surface area contributed by atoms with Gasteiger partial charge in [0.15, 0.2) is 11.6 Å². The van der Waals surface area contributed by atoms with Gasteiger partial charge in [-0.2, -0.15) is 0 Å². The third-order valence-electron chi connectivity index (χ3n) is 5.46. The molecule has 7 nitrogen and oxygen atoms in total. The Balaban J connectivity index is 1.91. The number of anilines is 2. The van der Waals surface area contributed by atoms with Crippen molar-refractivity contribution in [3.8, 4) is 11.4 Å². The van der Waals surface area contributed by atoms with Gasteiger partial charge in [-0.05, 0) is 37.3 Å². The van der Waals surface area contributed by atoms with E-state index in [0.29, 0.717) is 11.3 Å². The van der Waals surface area contributed by atoms with E-state index in [1.165, 1.54) is 30.5 Å². The summed E-state index contributed by atoms with van der Waals surface area (Å²) < 4.78 is 46.5. The summed E-state index contributed by atoms with van der Waals surface area (Å²) in [6, 6.07) is 12.6. The summed E-state index contributed by atoms with van der Waals surface area (Å²) in [5.74, 6) is -3.21. The molecule has 1 atom stereocenters. The normalized spacial score (nSPS) is 11.9. The highest BCUT2D eigenvalue weighted by atomic mass is 19.1. The molecule has 0 saturated carbocycles. The van der Waals surface area contributed by atoms with Crippen LogP contribution in [0.25, 0.3) is 22.4 Å². The van der Waals surface area contributed by atoms with Crippen LogP contribution in [0.4, 0.5) is 24.5 Å². The average Bonchev–Trinajstić information content (AvgIpc) is 3.16. The number of fused-ring (bicyclic) bond motifs is 1. The van der Waals surface area contributed by atoms with Gasteiger partial charge in [0.2, 0.25) is 11.8 Å². The van der Waals surface area contributed by atoms with Crippen molar-refractivity contribution in [2.75, 3.05) is 10.6 Å². The Labute approximate surface area is 198 Å². The van der Waals surface area contributed by atoms with Gasteiger partial charge in [-0.1, -0.05) is 18.2 Å². The van der Waals surface area contributed by atoms with E-state index in [4.69, 9.17) is 5.73 Å². The molecule has 35 heavy (non-hydrogen) atoms. The molecule has 0 fully saturated rings. The number of aromatic nitrogens is 2. The van der Waals surface area contributed by atoms with E-state index in [0.717, 1.165) is 6.07 Å². The second-order valence-corrected chi connectivity index (χ2v) is 8.06. The summed E-state index contributed by atoms with van der Waals surface area (Å²) in [4.78, 5) is 27.2. The van der Waals surface area contributed by atoms with Gasteiger partial charge in [-0.3, -0.25) is 9.59 Å². The monoisotopic (exact) mass is 481 g/mol. The highest BCUT2D eigenvalue weighted by Crippen LogP contribution is 2.33. The summed E-state index contributed by atoms with van der Waals surface area (Å²) in [6.07, 6.45) is 0. The van der Waals surface area contributed by atoms with Gasteiger partial charge in [0.1, 0.15) is 28.9 Å². The number of benzene rings is 3. The van der Waals surface area contributed by atoms with Crippen molar-refractivity contribution in [2.24, 2.45) is 5.73 Å². The number of nitrogens with zero attached hydrogens (tertiary/aromatic N) is 2. The molecule has 0 unspecified atom stereocenters. The zero-order valence-electron chi connectivity index (χ0n) is 18.9. The number of carbonyl (C=O) groups excluding carboxylic acids is 2. The predicted octanol–water partition coefficient (Wildman–Crippen LogP) is 4.41. The fraction of sp³-hybridized carbons (Fsp3) is 0.160. The number of hydrogen-bond acceptors (Lipinski definition) is 4. The number of hydrogen-bond donors (Lipinski definition) is 3. The van der Waals surface area contributed by atoms with Crippen LogP contribution in [-0.4, -0.2) is 27.4 Å². The van der Waals surface area contributed by atoms with Crippen LogP contribution in [0.15, 0.2) is 54.6 Å². The van der Waals surface area contributed by atoms with Gasteiger partial charge in [0, 0.05) is 29.8 Å². The maximum atomic E-state index is 15.7. The largest absolute Gasteiger partial charge is 0.369 e. The SMILES string of the molecule is CC(=O)Nc1ccc(-c2nc3cc(F)c(N[C@@H](C)C(N)=O)c(F)c3n2Cc2ccccc2F)cc1. The summed E-state index contributed by atoms with van der Waals surface area (Å²) >= 11 is 0. The minimum Gasteiger partial charge on any atom is -0.369 e. The molecule has 0 aliphatic carbocycles. The quantitative estimate of drug-likeness (QED) is 0.364. The Bertz CT molecular complexity index is 1430. The topological polar surface area (TPSA) is 102 Å². The van der Waals surface area contributed by atoms with E-state index in [2.05, 4.69) is 15.6 Å². The van der Waals surface area contributed by atoms with Gasteiger partial charge >= 0.3 is 0 Å². The van der Waals surface area contributed by atoms with Crippen LogP contribution in [0.2, 0.25) is 0 Å². The standard InChI is InChI=1S/C25H22F3N5O2/c1-13(24(29)35)30-22-19(27)11-20-23(21(22)28)33(12-16-5-3-4-6-18(16)26)25(32-20)15-7-9-17(10-8-15)31-14(2)34/h3-11,13,30H,12H2,1-2H3,(H2,29,35)(H,31,34)/t13-/m0/s1. The van der Waals surface area contributed by atoms with Crippen molar-refractivity contribution in [1.29, 1.82) is 0 Å². The smallest absolute Gasteiger partial charge is 0.239 e. The molecule has 4 aromatic rings. The van der Waals surface area contributed by atoms with E-state index in [9.17, 15) is 18.4 Å². The van der Waals surface area contributed by atoms with Crippen LogP contribution < -0.4 is 16.4 Å². The van der Waals surface area contributed by atoms with E-state index in [1.54, 1.807) is 36.4 Å². The second kappa shape index (κ2) is 9.49. The fourth-order valence-electron chi connectivity index (χ4n) is 3.72. The van der Waals surface area contributed by atoms with E-state index >= 15 is 4.39 Å². The first-order chi connectivity index (χ1) is 16.7. The Hall–Kier alpha value is -4.34. The Morgan fingerprint density at radius 3 is 2.37 bits per heavy atom. The highest BCUT2D eigenvalue weighted by Gasteiger charge is 2.24. The van der Waals surface area contributed by atoms with E-state index < -0.39 is 35.1 Å². The first-order valence-corrected chi connectivity index (χ1v) is 10.7. The lowest BCUT2D eigenvalue weighted by atomic mass is 10.1. The number of amides is 2. The molecule has 1 heterocycles. The molecule has 3 aromatic carbocycles. The zero-order chi connectivity index (χ0) is 25.3. The second-order valence-electron chi connectivity index (χ2n) is 8.06. The minimum atomic E-state index is -1.04. The molecule has 10 heteroatoms. The summed E-state index contributed by atoms with van der Waals surface area (Å²) in [6.45, 7) is 2.66. The maximum absolute atomic E-state index is 15.7. The number of halogens is 3. The lowest BCUT2D eigenvalue weighted by Crippen LogP contribution is -2.33. The van der Waals surface area contributed by atoms with Gasteiger partial charge in [-0.25, -0.2) is 18.2 Å². The van der Waals surface area contributed by atoms with Crippen LogP contribution in [0, 0.1) is 17.5 Å². The van der Waals surface area contributed by atoms with Crippen LogP contribution >= 0.6 is 0 Å². The number of rotatable bonds is 7. The van der Waals surface area contributed by atoms with Crippen molar-refractivity contribution in [1.82, 2.24) is 9.55 Å². The lowest BCUT2D eigenvalue weighted by molar-refractivity contribution is -0.118. The number of carbonyl (C=O) groups is 2. The first-order valence-electron chi connectivity index (χ1n) is 10.7. The zero-order valence-corrected chi connectivity index (χ0v) is 18.9. The molecule has 4 rings (SSSR count).